The second-order valence-corrected chi connectivity index (χ2v) is 4.23. The van der Waals surface area contributed by atoms with E-state index in [1.807, 2.05) is 6.07 Å². The molecule has 20 heavy (non-hydrogen) atoms. The minimum Gasteiger partial charge on any atom is -0.478 e. The van der Waals surface area contributed by atoms with Crippen molar-refractivity contribution >= 4 is 5.97 Å². The lowest BCUT2D eigenvalue weighted by molar-refractivity contribution is -0.145. The van der Waals surface area contributed by atoms with Gasteiger partial charge in [0.05, 0.1) is 12.5 Å². The van der Waals surface area contributed by atoms with Crippen LogP contribution in [0.1, 0.15) is 17.2 Å². The summed E-state index contributed by atoms with van der Waals surface area (Å²) in [6, 6.07) is 17.7. The molecule has 0 amide bonds. The quantitative estimate of drug-likeness (QED) is 0.904. The number of ether oxygens (including phenoxy) is 1. The summed E-state index contributed by atoms with van der Waals surface area (Å²) in [4.78, 5) is 11.3. The molecule has 1 atom stereocenters. The van der Waals surface area contributed by atoms with E-state index in [0.29, 0.717) is 17.7 Å². The fraction of sp³-hybridized carbons (Fsp3) is 0.125. The Balaban J connectivity index is 2.17. The van der Waals surface area contributed by atoms with Crippen LogP contribution in [-0.2, 0) is 11.2 Å². The van der Waals surface area contributed by atoms with Gasteiger partial charge in [-0.25, -0.2) is 4.79 Å². The van der Waals surface area contributed by atoms with Gasteiger partial charge in [-0.15, -0.1) is 0 Å². The van der Waals surface area contributed by atoms with E-state index in [2.05, 4.69) is 6.07 Å². The molecule has 0 bridgehead atoms. The van der Waals surface area contributed by atoms with E-state index in [0.717, 1.165) is 5.56 Å². The molecule has 1 unspecified atom stereocenters. The van der Waals surface area contributed by atoms with Crippen LogP contribution in [0.2, 0.25) is 0 Å². The van der Waals surface area contributed by atoms with Crippen molar-refractivity contribution in [3.05, 3.63) is 65.7 Å². The molecule has 0 aliphatic rings. The van der Waals surface area contributed by atoms with E-state index in [9.17, 15) is 9.90 Å². The van der Waals surface area contributed by atoms with Crippen LogP contribution in [0.15, 0.2) is 54.6 Å². The first-order chi connectivity index (χ1) is 9.70. The minimum absolute atomic E-state index is 0.321. The van der Waals surface area contributed by atoms with Crippen molar-refractivity contribution in [1.82, 2.24) is 0 Å². The molecule has 2 aromatic rings. The van der Waals surface area contributed by atoms with Gasteiger partial charge in [-0.1, -0.05) is 42.5 Å². The maximum absolute atomic E-state index is 11.3. The van der Waals surface area contributed by atoms with Crippen molar-refractivity contribution in [3.63, 3.8) is 0 Å². The van der Waals surface area contributed by atoms with Gasteiger partial charge in [-0.2, -0.15) is 5.26 Å². The standard InChI is InChI=1S/C16H13NO3/c17-11-10-12-6-8-14(9-7-12)20-15(16(18)19)13-4-2-1-3-5-13/h1-9,15H,10H2,(H,18,19). The Morgan fingerprint density at radius 1 is 1.15 bits per heavy atom. The highest BCUT2D eigenvalue weighted by Gasteiger charge is 2.21. The third-order valence-corrected chi connectivity index (χ3v) is 2.79. The molecular weight excluding hydrogens is 254 g/mol. The van der Waals surface area contributed by atoms with Crippen LogP contribution in [0.25, 0.3) is 0 Å². The molecule has 2 rings (SSSR count). The molecule has 0 fully saturated rings. The van der Waals surface area contributed by atoms with Gasteiger partial charge in [0, 0.05) is 5.56 Å². The van der Waals surface area contributed by atoms with E-state index in [4.69, 9.17) is 10.00 Å². The maximum Gasteiger partial charge on any atom is 0.349 e. The van der Waals surface area contributed by atoms with Crippen molar-refractivity contribution in [1.29, 1.82) is 5.26 Å². The highest BCUT2D eigenvalue weighted by atomic mass is 16.5. The number of nitriles is 1. The SMILES string of the molecule is N#CCc1ccc(OC(C(=O)O)c2ccccc2)cc1. The number of hydrogen-bond donors (Lipinski definition) is 1. The summed E-state index contributed by atoms with van der Waals surface area (Å²) >= 11 is 0. The van der Waals surface area contributed by atoms with Gasteiger partial charge in [0.2, 0.25) is 6.10 Å². The molecule has 0 saturated carbocycles. The third kappa shape index (κ3) is 3.36. The Hall–Kier alpha value is -2.80. The number of carboxylic acids is 1. The Labute approximate surface area is 116 Å². The molecule has 0 spiro atoms. The number of carboxylic acid groups (broad SMARTS) is 1. The van der Waals surface area contributed by atoms with Crippen LogP contribution in [0.5, 0.6) is 5.75 Å². The monoisotopic (exact) mass is 267 g/mol. The summed E-state index contributed by atoms with van der Waals surface area (Å²) in [5.74, 6) is -0.583. The van der Waals surface area contributed by atoms with Crippen LogP contribution in [0.4, 0.5) is 0 Å². The Kier molecular flexibility index (Phi) is 4.35. The topological polar surface area (TPSA) is 70.3 Å². The van der Waals surface area contributed by atoms with Crippen molar-refractivity contribution in [3.8, 4) is 11.8 Å². The Morgan fingerprint density at radius 2 is 1.80 bits per heavy atom. The predicted octanol–water partition coefficient (Wildman–Crippen LogP) is 2.96. The molecule has 0 heterocycles. The normalized spacial score (nSPS) is 11.3. The van der Waals surface area contributed by atoms with Crippen molar-refractivity contribution in [2.75, 3.05) is 0 Å². The second kappa shape index (κ2) is 6.39. The molecule has 0 aliphatic carbocycles. The van der Waals surface area contributed by atoms with Gasteiger partial charge in [-0.05, 0) is 17.7 Å². The fourth-order valence-corrected chi connectivity index (χ4v) is 1.80. The average Bonchev–Trinajstić information content (AvgIpc) is 2.47. The second-order valence-electron chi connectivity index (χ2n) is 4.23. The Morgan fingerprint density at radius 3 is 2.35 bits per heavy atom. The summed E-state index contributed by atoms with van der Waals surface area (Å²) in [6.07, 6.45) is -0.723. The van der Waals surface area contributed by atoms with Crippen LogP contribution >= 0.6 is 0 Å². The first-order valence-corrected chi connectivity index (χ1v) is 6.11. The highest BCUT2D eigenvalue weighted by molar-refractivity contribution is 5.74. The lowest BCUT2D eigenvalue weighted by atomic mass is 10.1. The largest absolute Gasteiger partial charge is 0.478 e. The van der Waals surface area contributed by atoms with E-state index in [-0.39, 0.29) is 0 Å². The van der Waals surface area contributed by atoms with Crippen LogP contribution in [0, 0.1) is 11.3 Å². The zero-order chi connectivity index (χ0) is 14.4. The van der Waals surface area contributed by atoms with Crippen molar-refractivity contribution in [2.45, 2.75) is 12.5 Å². The van der Waals surface area contributed by atoms with Gasteiger partial charge >= 0.3 is 5.97 Å². The number of aliphatic carboxylic acids is 1. The van der Waals surface area contributed by atoms with Crippen molar-refractivity contribution in [2.24, 2.45) is 0 Å². The first kappa shape index (κ1) is 13.6. The molecule has 4 heteroatoms. The van der Waals surface area contributed by atoms with E-state index in [1.54, 1.807) is 48.5 Å². The first-order valence-electron chi connectivity index (χ1n) is 6.11. The number of carbonyl (C=O) groups is 1. The molecule has 0 saturated heterocycles. The van der Waals surface area contributed by atoms with Crippen LogP contribution in [0.3, 0.4) is 0 Å². The molecule has 1 N–H and O–H groups in total. The third-order valence-electron chi connectivity index (χ3n) is 2.79. The van der Waals surface area contributed by atoms with Gasteiger partial charge in [0.15, 0.2) is 0 Å². The number of nitrogens with zero attached hydrogens (tertiary/aromatic N) is 1. The number of benzene rings is 2. The molecule has 0 aliphatic heterocycles. The van der Waals surface area contributed by atoms with Gasteiger partial charge < -0.3 is 9.84 Å². The predicted molar refractivity (Wildman–Crippen MR) is 73.2 cm³/mol. The number of hydrogen-bond acceptors (Lipinski definition) is 3. The van der Waals surface area contributed by atoms with Gasteiger partial charge in [0.25, 0.3) is 0 Å². The summed E-state index contributed by atoms with van der Waals surface area (Å²) in [7, 11) is 0. The highest BCUT2D eigenvalue weighted by Crippen LogP contribution is 2.22. The van der Waals surface area contributed by atoms with Gasteiger partial charge in [-0.3, -0.25) is 0 Å². The molecule has 0 radical (unpaired) electrons. The maximum atomic E-state index is 11.3. The summed E-state index contributed by atoms with van der Waals surface area (Å²) in [5.41, 5.74) is 1.45. The summed E-state index contributed by atoms with van der Waals surface area (Å²) < 4.78 is 5.51. The van der Waals surface area contributed by atoms with E-state index >= 15 is 0 Å². The van der Waals surface area contributed by atoms with Crippen molar-refractivity contribution < 1.29 is 14.6 Å². The lowest BCUT2D eigenvalue weighted by Crippen LogP contribution is -2.18. The average molecular weight is 267 g/mol. The van der Waals surface area contributed by atoms with Crippen LogP contribution in [-0.4, -0.2) is 11.1 Å². The van der Waals surface area contributed by atoms with Crippen LogP contribution < -0.4 is 4.74 Å². The van der Waals surface area contributed by atoms with E-state index in [1.165, 1.54) is 0 Å². The minimum atomic E-state index is -1.04. The fourth-order valence-electron chi connectivity index (χ4n) is 1.80. The zero-order valence-electron chi connectivity index (χ0n) is 10.7. The molecule has 0 aromatic heterocycles. The zero-order valence-corrected chi connectivity index (χ0v) is 10.7. The lowest BCUT2D eigenvalue weighted by Gasteiger charge is -2.15. The summed E-state index contributed by atoms with van der Waals surface area (Å²) in [6.45, 7) is 0. The Bertz CT molecular complexity index is 614. The molecule has 100 valence electrons. The summed E-state index contributed by atoms with van der Waals surface area (Å²) in [5, 5.41) is 17.9. The van der Waals surface area contributed by atoms with Gasteiger partial charge in [0.1, 0.15) is 5.75 Å². The van der Waals surface area contributed by atoms with E-state index < -0.39 is 12.1 Å². The molecule has 4 nitrogen and oxygen atoms in total. The molecular formula is C16H13NO3. The number of rotatable bonds is 5. The molecule has 2 aromatic carbocycles. The smallest absolute Gasteiger partial charge is 0.349 e.